The van der Waals surface area contributed by atoms with Gasteiger partial charge in [-0.05, 0) is 76.4 Å². The van der Waals surface area contributed by atoms with Crippen molar-refractivity contribution in [3.63, 3.8) is 0 Å². The standard InChI is InChI=1S/C25H26O4/c1-24(2)11-9-16-13-15(5-7-20(16)28-24)22-14-19(26)17-6-8-21-18(23(17)27-22)10-12-25(3,4)29-21/h5-9,11,13,22H,10,12,14H2,1-4H3/t22-/m0/s1. The zero-order valence-electron chi connectivity index (χ0n) is 17.4. The quantitative estimate of drug-likeness (QED) is 0.628. The van der Waals surface area contributed by atoms with Gasteiger partial charge < -0.3 is 14.2 Å². The van der Waals surface area contributed by atoms with Crippen molar-refractivity contribution in [3.8, 4) is 17.2 Å². The van der Waals surface area contributed by atoms with E-state index in [1.165, 1.54) is 0 Å². The van der Waals surface area contributed by atoms with Gasteiger partial charge in [-0.1, -0.05) is 12.1 Å². The van der Waals surface area contributed by atoms with Gasteiger partial charge in [-0.2, -0.15) is 0 Å². The molecule has 150 valence electrons. The summed E-state index contributed by atoms with van der Waals surface area (Å²) in [5.74, 6) is 2.51. The van der Waals surface area contributed by atoms with Crippen molar-refractivity contribution in [1.82, 2.24) is 0 Å². The maximum Gasteiger partial charge on any atom is 0.170 e. The zero-order valence-corrected chi connectivity index (χ0v) is 17.4. The van der Waals surface area contributed by atoms with E-state index >= 15 is 0 Å². The highest BCUT2D eigenvalue weighted by Crippen LogP contribution is 2.45. The average Bonchev–Trinajstić information content (AvgIpc) is 2.65. The molecule has 0 saturated carbocycles. The molecule has 0 aliphatic carbocycles. The fourth-order valence-electron chi connectivity index (χ4n) is 4.32. The Morgan fingerprint density at radius 3 is 2.62 bits per heavy atom. The third-order valence-electron chi connectivity index (χ3n) is 5.96. The van der Waals surface area contributed by atoms with Gasteiger partial charge in [-0.15, -0.1) is 0 Å². The van der Waals surface area contributed by atoms with Crippen LogP contribution in [0.5, 0.6) is 17.2 Å². The topological polar surface area (TPSA) is 44.8 Å². The third-order valence-corrected chi connectivity index (χ3v) is 5.96. The van der Waals surface area contributed by atoms with Crippen molar-refractivity contribution >= 4 is 11.9 Å². The van der Waals surface area contributed by atoms with Crippen LogP contribution >= 0.6 is 0 Å². The summed E-state index contributed by atoms with van der Waals surface area (Å²) in [5, 5.41) is 0. The van der Waals surface area contributed by atoms with Crippen LogP contribution in [0, 0.1) is 0 Å². The van der Waals surface area contributed by atoms with E-state index in [2.05, 4.69) is 32.1 Å². The summed E-state index contributed by atoms with van der Waals surface area (Å²) >= 11 is 0. The molecule has 0 bridgehead atoms. The fraction of sp³-hybridized carbons (Fsp3) is 0.400. The molecule has 0 fully saturated rings. The van der Waals surface area contributed by atoms with Crippen LogP contribution in [0.1, 0.15) is 73.7 Å². The lowest BCUT2D eigenvalue weighted by molar-refractivity contribution is 0.0767. The lowest BCUT2D eigenvalue weighted by Gasteiger charge is -2.36. The van der Waals surface area contributed by atoms with Crippen molar-refractivity contribution in [2.75, 3.05) is 0 Å². The van der Waals surface area contributed by atoms with Crippen LogP contribution in [0.4, 0.5) is 0 Å². The Hall–Kier alpha value is -2.75. The van der Waals surface area contributed by atoms with Gasteiger partial charge in [-0.3, -0.25) is 4.79 Å². The Labute approximate surface area is 171 Å². The molecule has 0 saturated heterocycles. The SMILES string of the molecule is CC1(C)C=Cc2cc([C@@H]3CC(=O)c4ccc5c(c4O3)CCC(C)(C)O5)ccc2O1. The summed E-state index contributed by atoms with van der Waals surface area (Å²) in [4.78, 5) is 12.9. The minimum Gasteiger partial charge on any atom is -0.487 e. The van der Waals surface area contributed by atoms with Crippen LogP contribution < -0.4 is 14.2 Å². The van der Waals surface area contributed by atoms with Gasteiger partial charge >= 0.3 is 0 Å². The van der Waals surface area contributed by atoms with E-state index in [4.69, 9.17) is 14.2 Å². The van der Waals surface area contributed by atoms with E-state index in [1.807, 2.05) is 38.1 Å². The number of carbonyl (C=O) groups is 1. The summed E-state index contributed by atoms with van der Waals surface area (Å²) in [6, 6.07) is 9.81. The first-order valence-electron chi connectivity index (χ1n) is 10.3. The Bertz CT molecular complexity index is 1050. The molecule has 0 amide bonds. The van der Waals surface area contributed by atoms with E-state index in [9.17, 15) is 4.79 Å². The second-order valence-electron chi connectivity index (χ2n) is 9.35. The van der Waals surface area contributed by atoms with E-state index < -0.39 is 0 Å². The minimum absolute atomic E-state index is 0.120. The lowest BCUT2D eigenvalue weighted by atomic mass is 9.88. The molecule has 0 unspecified atom stereocenters. The number of hydrogen-bond acceptors (Lipinski definition) is 4. The van der Waals surface area contributed by atoms with Crippen molar-refractivity contribution in [2.45, 2.75) is 64.3 Å². The minimum atomic E-state index is -0.308. The molecule has 2 aromatic rings. The van der Waals surface area contributed by atoms with Crippen LogP contribution in [-0.2, 0) is 6.42 Å². The van der Waals surface area contributed by atoms with Gasteiger partial charge in [-0.25, -0.2) is 0 Å². The van der Waals surface area contributed by atoms with Gasteiger partial charge in [0.15, 0.2) is 5.78 Å². The predicted molar refractivity (Wildman–Crippen MR) is 112 cm³/mol. The number of ketones is 1. The predicted octanol–water partition coefficient (Wildman–Crippen LogP) is 5.68. The van der Waals surface area contributed by atoms with Gasteiger partial charge in [0.25, 0.3) is 0 Å². The largest absolute Gasteiger partial charge is 0.487 e. The van der Waals surface area contributed by atoms with Gasteiger partial charge in [0, 0.05) is 11.1 Å². The summed E-state index contributed by atoms with van der Waals surface area (Å²) in [7, 11) is 0. The molecule has 29 heavy (non-hydrogen) atoms. The normalized spacial score (nSPS) is 23.0. The molecule has 3 aliphatic rings. The van der Waals surface area contributed by atoms with Gasteiger partial charge in [0.05, 0.1) is 12.0 Å². The number of hydrogen-bond donors (Lipinski definition) is 0. The van der Waals surface area contributed by atoms with Crippen LogP contribution in [0.3, 0.4) is 0 Å². The summed E-state index contributed by atoms with van der Waals surface area (Å²) in [5.41, 5.74) is 3.19. The number of Topliss-reactive ketones (excluding diaryl/α,β-unsaturated/α-hetero) is 1. The van der Waals surface area contributed by atoms with Crippen molar-refractivity contribution in [2.24, 2.45) is 0 Å². The van der Waals surface area contributed by atoms with E-state index in [0.717, 1.165) is 41.0 Å². The van der Waals surface area contributed by atoms with E-state index in [-0.39, 0.29) is 23.1 Å². The molecule has 0 radical (unpaired) electrons. The number of fused-ring (bicyclic) bond motifs is 4. The summed E-state index contributed by atoms with van der Waals surface area (Å²) in [6.07, 6.45) is 5.92. The summed E-state index contributed by atoms with van der Waals surface area (Å²) in [6.45, 7) is 8.25. The molecule has 1 atom stereocenters. The van der Waals surface area contributed by atoms with Crippen molar-refractivity contribution in [1.29, 1.82) is 0 Å². The Morgan fingerprint density at radius 1 is 1.00 bits per heavy atom. The fourth-order valence-corrected chi connectivity index (χ4v) is 4.32. The number of carbonyl (C=O) groups excluding carboxylic acids is 1. The molecular formula is C25H26O4. The molecule has 3 aliphatic heterocycles. The Morgan fingerprint density at radius 2 is 1.79 bits per heavy atom. The van der Waals surface area contributed by atoms with E-state index in [0.29, 0.717) is 17.7 Å². The molecule has 0 spiro atoms. The monoisotopic (exact) mass is 390 g/mol. The number of benzene rings is 2. The Balaban J connectivity index is 1.50. The molecular weight excluding hydrogens is 364 g/mol. The zero-order chi connectivity index (χ0) is 20.4. The van der Waals surface area contributed by atoms with Crippen LogP contribution in [-0.4, -0.2) is 17.0 Å². The van der Waals surface area contributed by atoms with Gasteiger partial charge in [0.2, 0.25) is 0 Å². The van der Waals surface area contributed by atoms with Crippen LogP contribution in [0.15, 0.2) is 36.4 Å². The molecule has 5 rings (SSSR count). The second-order valence-corrected chi connectivity index (χ2v) is 9.35. The molecule has 0 aromatic heterocycles. The highest BCUT2D eigenvalue weighted by Gasteiger charge is 2.35. The first-order chi connectivity index (χ1) is 13.7. The first kappa shape index (κ1) is 18.3. The summed E-state index contributed by atoms with van der Waals surface area (Å²) < 4.78 is 18.6. The maximum atomic E-state index is 12.9. The van der Waals surface area contributed by atoms with Gasteiger partial charge in [0.1, 0.15) is 34.6 Å². The highest BCUT2D eigenvalue weighted by molar-refractivity contribution is 6.00. The average molecular weight is 390 g/mol. The van der Waals surface area contributed by atoms with Crippen LogP contribution in [0.25, 0.3) is 6.08 Å². The second kappa shape index (κ2) is 6.12. The lowest BCUT2D eigenvalue weighted by Crippen LogP contribution is -2.33. The highest BCUT2D eigenvalue weighted by atomic mass is 16.5. The number of rotatable bonds is 1. The number of ether oxygens (including phenoxy) is 3. The molecule has 4 heteroatoms. The smallest absolute Gasteiger partial charge is 0.170 e. The first-order valence-corrected chi connectivity index (χ1v) is 10.3. The third kappa shape index (κ3) is 3.21. The molecule has 0 N–H and O–H groups in total. The van der Waals surface area contributed by atoms with Crippen molar-refractivity contribution < 1.29 is 19.0 Å². The van der Waals surface area contributed by atoms with E-state index in [1.54, 1.807) is 0 Å². The molecule has 4 nitrogen and oxygen atoms in total. The molecule has 3 heterocycles. The molecule has 2 aromatic carbocycles. The van der Waals surface area contributed by atoms with Crippen LogP contribution in [0.2, 0.25) is 0 Å². The Kier molecular flexibility index (Phi) is 3.86. The maximum absolute atomic E-state index is 12.9. The van der Waals surface area contributed by atoms with Crippen molar-refractivity contribution in [3.05, 3.63) is 58.7 Å².